The Labute approximate surface area is 95.6 Å². The molecule has 1 nitrogen and oxygen atoms in total. The van der Waals surface area contributed by atoms with E-state index >= 15 is 0 Å². The summed E-state index contributed by atoms with van der Waals surface area (Å²) in [6, 6.07) is 9.93. The van der Waals surface area contributed by atoms with Crippen molar-refractivity contribution in [2.24, 2.45) is 0 Å². The molecule has 0 aliphatic heterocycles. The fraction of sp³-hybridized carbons (Fsp3) is 0.308. The van der Waals surface area contributed by atoms with E-state index in [2.05, 4.69) is 6.92 Å². The lowest BCUT2D eigenvalue weighted by molar-refractivity contribution is -0.107. The second-order valence-corrected chi connectivity index (χ2v) is 4.44. The Kier molecular flexibility index (Phi) is 5.19. The molecule has 1 aromatic carbocycles. The van der Waals surface area contributed by atoms with Gasteiger partial charge in [0.25, 0.3) is 0 Å². The number of benzene rings is 1. The minimum atomic E-state index is 0.181. The highest BCUT2D eigenvalue weighted by atomic mass is 32.2. The quantitative estimate of drug-likeness (QED) is 0.719. The van der Waals surface area contributed by atoms with Gasteiger partial charge in [0.1, 0.15) is 0 Å². The van der Waals surface area contributed by atoms with Gasteiger partial charge in [-0.15, -0.1) is 0 Å². The molecule has 1 rings (SSSR count). The summed E-state index contributed by atoms with van der Waals surface area (Å²) in [7, 11) is 0. The highest BCUT2D eigenvalue weighted by Gasteiger charge is 2.03. The first-order chi connectivity index (χ1) is 7.24. The monoisotopic (exact) mass is 220 g/mol. The molecule has 0 bridgehead atoms. The number of hydrogen-bond acceptors (Lipinski definition) is 2. The van der Waals surface area contributed by atoms with Gasteiger partial charge in [-0.2, -0.15) is 0 Å². The Morgan fingerprint density at radius 3 is 2.60 bits per heavy atom. The zero-order valence-electron chi connectivity index (χ0n) is 9.19. The summed E-state index contributed by atoms with van der Waals surface area (Å²) in [4.78, 5) is 11.6. The Hall–Kier alpha value is -1.02. The molecule has 0 saturated heterocycles. The molecule has 0 amide bonds. The topological polar surface area (TPSA) is 17.1 Å². The van der Waals surface area contributed by atoms with E-state index in [1.807, 2.05) is 43.3 Å². The smallest absolute Gasteiger partial charge is 0.215 e. The van der Waals surface area contributed by atoms with Crippen molar-refractivity contribution in [1.29, 1.82) is 0 Å². The lowest BCUT2D eigenvalue weighted by atomic mass is 10.1. The van der Waals surface area contributed by atoms with E-state index in [1.54, 1.807) is 0 Å². The molecule has 0 aliphatic rings. The van der Waals surface area contributed by atoms with Crippen LogP contribution >= 0.6 is 11.8 Å². The first-order valence-corrected chi connectivity index (χ1v) is 6.13. The number of thioether (sulfide) groups is 1. The Morgan fingerprint density at radius 2 is 2.00 bits per heavy atom. The van der Waals surface area contributed by atoms with Crippen LogP contribution in [0.4, 0.5) is 0 Å². The van der Waals surface area contributed by atoms with Crippen LogP contribution in [0.1, 0.15) is 25.8 Å². The minimum Gasteiger partial charge on any atom is -0.282 e. The summed E-state index contributed by atoms with van der Waals surface area (Å²) in [6.45, 7) is 3.95. The van der Waals surface area contributed by atoms with E-state index in [-0.39, 0.29) is 5.12 Å². The van der Waals surface area contributed by atoms with Gasteiger partial charge >= 0.3 is 0 Å². The maximum Gasteiger partial charge on any atom is 0.215 e. The predicted octanol–water partition coefficient (Wildman–Crippen LogP) is 3.76. The molecule has 0 saturated carbocycles. The number of carbonyl (C=O) groups is 1. The third-order valence-corrected chi connectivity index (χ3v) is 3.14. The van der Waals surface area contributed by atoms with Crippen LogP contribution in [-0.2, 0) is 4.79 Å². The third kappa shape index (κ3) is 4.34. The molecular weight excluding hydrogens is 204 g/mol. The van der Waals surface area contributed by atoms with Crippen molar-refractivity contribution in [2.45, 2.75) is 20.3 Å². The maximum atomic E-state index is 11.6. The predicted molar refractivity (Wildman–Crippen MR) is 67.8 cm³/mol. The van der Waals surface area contributed by atoms with E-state index < -0.39 is 0 Å². The molecule has 0 radical (unpaired) electrons. The molecular formula is C13H16OS. The fourth-order valence-corrected chi connectivity index (χ4v) is 1.84. The standard InChI is InChI=1S/C13H16OS/c1-3-9-15-13(14)11(2)10-12-7-5-4-6-8-12/h4-8,10H,3,9H2,1-2H3/b11-10+. The summed E-state index contributed by atoms with van der Waals surface area (Å²) >= 11 is 1.40. The summed E-state index contributed by atoms with van der Waals surface area (Å²) in [5, 5.41) is 0.181. The average molecular weight is 220 g/mol. The van der Waals surface area contributed by atoms with Crippen molar-refractivity contribution in [3.05, 3.63) is 41.5 Å². The van der Waals surface area contributed by atoms with E-state index in [4.69, 9.17) is 0 Å². The van der Waals surface area contributed by atoms with Gasteiger partial charge in [-0.1, -0.05) is 49.0 Å². The molecule has 15 heavy (non-hydrogen) atoms. The molecule has 0 fully saturated rings. The zero-order valence-corrected chi connectivity index (χ0v) is 10.0. The fourth-order valence-electron chi connectivity index (χ4n) is 1.17. The van der Waals surface area contributed by atoms with Crippen molar-refractivity contribution in [3.8, 4) is 0 Å². The second kappa shape index (κ2) is 6.46. The molecule has 0 spiro atoms. The SMILES string of the molecule is CCCSC(=O)/C(C)=C/c1ccccc1. The number of rotatable bonds is 4. The van der Waals surface area contributed by atoms with Crippen molar-refractivity contribution in [3.63, 3.8) is 0 Å². The zero-order chi connectivity index (χ0) is 11.1. The van der Waals surface area contributed by atoms with Gasteiger partial charge in [-0.05, 0) is 25.0 Å². The van der Waals surface area contributed by atoms with Gasteiger partial charge in [0.05, 0.1) is 0 Å². The number of carbonyl (C=O) groups excluding carboxylic acids is 1. The Balaban J connectivity index is 2.63. The second-order valence-electron chi connectivity index (χ2n) is 3.37. The molecule has 0 aromatic heterocycles. The Bertz CT molecular complexity index is 341. The van der Waals surface area contributed by atoms with Crippen LogP contribution in [0, 0.1) is 0 Å². The average Bonchev–Trinajstić information content (AvgIpc) is 2.27. The normalized spacial score (nSPS) is 11.5. The van der Waals surface area contributed by atoms with Crippen LogP contribution in [-0.4, -0.2) is 10.9 Å². The van der Waals surface area contributed by atoms with Crippen molar-refractivity contribution in [2.75, 3.05) is 5.75 Å². The summed E-state index contributed by atoms with van der Waals surface area (Å²) in [5.41, 5.74) is 1.90. The van der Waals surface area contributed by atoms with Crippen LogP contribution in [0.25, 0.3) is 6.08 Å². The first-order valence-electron chi connectivity index (χ1n) is 5.14. The van der Waals surface area contributed by atoms with Gasteiger partial charge in [-0.25, -0.2) is 0 Å². The largest absolute Gasteiger partial charge is 0.282 e. The minimum absolute atomic E-state index is 0.181. The summed E-state index contributed by atoms with van der Waals surface area (Å²) in [6.07, 6.45) is 2.97. The van der Waals surface area contributed by atoms with Gasteiger partial charge in [-0.3, -0.25) is 4.79 Å². The molecule has 0 N–H and O–H groups in total. The molecule has 0 aliphatic carbocycles. The van der Waals surface area contributed by atoms with Crippen LogP contribution < -0.4 is 0 Å². The van der Waals surface area contributed by atoms with Gasteiger partial charge in [0.2, 0.25) is 5.12 Å². The maximum absolute atomic E-state index is 11.6. The first kappa shape index (κ1) is 12.1. The summed E-state index contributed by atoms with van der Waals surface area (Å²) in [5.74, 6) is 0.902. The van der Waals surface area contributed by atoms with Crippen LogP contribution in [0.5, 0.6) is 0 Å². The van der Waals surface area contributed by atoms with E-state index in [0.29, 0.717) is 0 Å². The van der Waals surface area contributed by atoms with Crippen LogP contribution in [0.2, 0.25) is 0 Å². The van der Waals surface area contributed by atoms with E-state index in [0.717, 1.165) is 23.3 Å². The van der Waals surface area contributed by atoms with E-state index in [9.17, 15) is 4.79 Å². The van der Waals surface area contributed by atoms with Crippen molar-refractivity contribution < 1.29 is 4.79 Å². The van der Waals surface area contributed by atoms with Crippen molar-refractivity contribution >= 4 is 23.0 Å². The number of hydrogen-bond donors (Lipinski definition) is 0. The van der Waals surface area contributed by atoms with Gasteiger partial charge in [0.15, 0.2) is 0 Å². The molecule has 0 heterocycles. The molecule has 0 unspecified atom stereocenters. The Morgan fingerprint density at radius 1 is 1.33 bits per heavy atom. The molecule has 1 aromatic rings. The highest BCUT2D eigenvalue weighted by molar-refractivity contribution is 8.14. The summed E-state index contributed by atoms with van der Waals surface area (Å²) < 4.78 is 0. The van der Waals surface area contributed by atoms with Gasteiger partial charge < -0.3 is 0 Å². The highest BCUT2D eigenvalue weighted by Crippen LogP contribution is 2.14. The van der Waals surface area contributed by atoms with E-state index in [1.165, 1.54) is 11.8 Å². The van der Waals surface area contributed by atoms with Crippen molar-refractivity contribution in [1.82, 2.24) is 0 Å². The van der Waals surface area contributed by atoms with Gasteiger partial charge in [0, 0.05) is 11.3 Å². The molecule has 2 heteroatoms. The van der Waals surface area contributed by atoms with Crippen LogP contribution in [0.3, 0.4) is 0 Å². The molecule has 0 atom stereocenters. The lowest BCUT2D eigenvalue weighted by Crippen LogP contribution is -1.94. The molecule has 80 valence electrons. The third-order valence-electron chi connectivity index (χ3n) is 1.94. The van der Waals surface area contributed by atoms with Crippen LogP contribution in [0.15, 0.2) is 35.9 Å². The lowest BCUT2D eigenvalue weighted by Gasteiger charge is -1.99.